The number of rotatable bonds is 4. The molecule has 0 radical (unpaired) electrons. The summed E-state index contributed by atoms with van der Waals surface area (Å²) in [7, 11) is 1.89. The molecule has 0 unspecified atom stereocenters. The summed E-state index contributed by atoms with van der Waals surface area (Å²) in [5.41, 5.74) is 1.06. The third-order valence-corrected chi connectivity index (χ3v) is 3.95. The average Bonchev–Trinajstić information content (AvgIpc) is 2.43. The molecule has 5 heteroatoms. The normalized spacial score (nSPS) is 22.9. The molecular formula is C15H26N4O. The third kappa shape index (κ3) is 3.39. The minimum Gasteiger partial charge on any atom is -0.393 e. The first-order chi connectivity index (χ1) is 9.51. The Bertz CT molecular complexity index is 453. The molecule has 0 bridgehead atoms. The number of aliphatic hydroxyl groups excluding tert-OH is 1. The van der Waals surface area contributed by atoms with Gasteiger partial charge < -0.3 is 15.7 Å². The van der Waals surface area contributed by atoms with Gasteiger partial charge in [0.1, 0.15) is 17.5 Å². The van der Waals surface area contributed by atoms with Gasteiger partial charge in [0, 0.05) is 24.6 Å². The van der Waals surface area contributed by atoms with Gasteiger partial charge in [-0.15, -0.1) is 0 Å². The summed E-state index contributed by atoms with van der Waals surface area (Å²) in [4.78, 5) is 9.22. The fourth-order valence-corrected chi connectivity index (χ4v) is 2.59. The molecule has 0 spiro atoms. The molecule has 112 valence electrons. The topological polar surface area (TPSA) is 70.1 Å². The van der Waals surface area contributed by atoms with E-state index in [9.17, 15) is 5.11 Å². The van der Waals surface area contributed by atoms with Crippen molar-refractivity contribution in [1.82, 2.24) is 9.97 Å². The van der Waals surface area contributed by atoms with Crippen molar-refractivity contribution in [2.45, 2.75) is 64.5 Å². The molecule has 1 aliphatic carbocycles. The summed E-state index contributed by atoms with van der Waals surface area (Å²) in [6.07, 6.45) is 3.61. The maximum absolute atomic E-state index is 9.58. The Morgan fingerprint density at radius 2 is 1.70 bits per heavy atom. The number of anilines is 2. The predicted octanol–water partition coefficient (Wildman–Crippen LogP) is 2.67. The van der Waals surface area contributed by atoms with Crippen LogP contribution in [-0.2, 0) is 0 Å². The van der Waals surface area contributed by atoms with Crippen molar-refractivity contribution < 1.29 is 5.11 Å². The molecule has 1 aliphatic rings. The van der Waals surface area contributed by atoms with Crippen molar-refractivity contribution in [2.24, 2.45) is 0 Å². The Morgan fingerprint density at radius 3 is 2.25 bits per heavy atom. The van der Waals surface area contributed by atoms with Crippen molar-refractivity contribution in [1.29, 1.82) is 0 Å². The smallest absolute Gasteiger partial charge is 0.135 e. The molecule has 20 heavy (non-hydrogen) atoms. The van der Waals surface area contributed by atoms with E-state index in [1.54, 1.807) is 0 Å². The van der Waals surface area contributed by atoms with Gasteiger partial charge in [0.2, 0.25) is 0 Å². The van der Waals surface area contributed by atoms with Gasteiger partial charge >= 0.3 is 0 Å². The van der Waals surface area contributed by atoms with Crippen LogP contribution in [0.25, 0.3) is 0 Å². The van der Waals surface area contributed by atoms with Gasteiger partial charge in [0.05, 0.1) is 6.10 Å². The molecule has 1 fully saturated rings. The molecule has 2 rings (SSSR count). The quantitative estimate of drug-likeness (QED) is 0.790. The fraction of sp³-hybridized carbons (Fsp3) is 0.733. The van der Waals surface area contributed by atoms with Crippen LogP contribution in [0.2, 0.25) is 0 Å². The minimum absolute atomic E-state index is 0.126. The molecule has 0 saturated heterocycles. The van der Waals surface area contributed by atoms with Gasteiger partial charge in [-0.1, -0.05) is 13.8 Å². The first-order valence-electron chi connectivity index (χ1n) is 7.52. The zero-order valence-corrected chi connectivity index (χ0v) is 12.9. The fourth-order valence-electron chi connectivity index (χ4n) is 2.59. The van der Waals surface area contributed by atoms with Crippen LogP contribution in [0.5, 0.6) is 0 Å². The Labute approximate surface area is 121 Å². The standard InChI is InChI=1S/C15H26N4O/c1-9(2)13-18-14(16-4)10(3)15(19-13)17-11-5-7-12(20)8-6-11/h9,11-12,20H,5-8H2,1-4H3,(H2,16,17,18,19). The summed E-state index contributed by atoms with van der Waals surface area (Å²) >= 11 is 0. The molecule has 1 aromatic rings. The van der Waals surface area contributed by atoms with E-state index >= 15 is 0 Å². The first-order valence-corrected chi connectivity index (χ1v) is 7.52. The lowest BCUT2D eigenvalue weighted by atomic mass is 9.93. The second-order valence-corrected chi connectivity index (χ2v) is 5.96. The maximum atomic E-state index is 9.58. The van der Waals surface area contributed by atoms with Gasteiger partial charge in [0.25, 0.3) is 0 Å². The number of nitrogens with one attached hydrogen (secondary N) is 2. The van der Waals surface area contributed by atoms with Crippen molar-refractivity contribution in [2.75, 3.05) is 17.7 Å². The summed E-state index contributed by atoms with van der Waals surface area (Å²) in [6, 6.07) is 0.400. The zero-order chi connectivity index (χ0) is 14.7. The van der Waals surface area contributed by atoms with E-state index in [0.717, 1.165) is 48.7 Å². The van der Waals surface area contributed by atoms with Crippen LogP contribution >= 0.6 is 0 Å². The molecule has 0 aliphatic heterocycles. The van der Waals surface area contributed by atoms with E-state index in [2.05, 4.69) is 34.4 Å². The van der Waals surface area contributed by atoms with Crippen LogP contribution < -0.4 is 10.6 Å². The highest BCUT2D eigenvalue weighted by Crippen LogP contribution is 2.26. The largest absolute Gasteiger partial charge is 0.393 e. The molecule has 1 saturated carbocycles. The van der Waals surface area contributed by atoms with E-state index in [-0.39, 0.29) is 6.10 Å². The second-order valence-electron chi connectivity index (χ2n) is 5.96. The predicted molar refractivity (Wildman–Crippen MR) is 82.3 cm³/mol. The summed E-state index contributed by atoms with van der Waals surface area (Å²) in [5.74, 6) is 2.98. The van der Waals surface area contributed by atoms with Crippen molar-refractivity contribution >= 4 is 11.6 Å². The Hall–Kier alpha value is -1.36. The third-order valence-electron chi connectivity index (χ3n) is 3.95. The van der Waals surface area contributed by atoms with Crippen LogP contribution in [-0.4, -0.2) is 34.3 Å². The van der Waals surface area contributed by atoms with Gasteiger partial charge in [-0.3, -0.25) is 0 Å². The summed E-state index contributed by atoms with van der Waals surface area (Å²) in [5, 5.41) is 16.3. The number of aromatic nitrogens is 2. The van der Waals surface area contributed by atoms with Crippen molar-refractivity contribution in [3.63, 3.8) is 0 Å². The van der Waals surface area contributed by atoms with Crippen LogP contribution in [0.15, 0.2) is 0 Å². The molecule has 3 N–H and O–H groups in total. The van der Waals surface area contributed by atoms with Crippen molar-refractivity contribution in [3.05, 3.63) is 11.4 Å². The average molecular weight is 278 g/mol. The van der Waals surface area contributed by atoms with Crippen LogP contribution in [0.1, 0.15) is 56.8 Å². The molecule has 1 heterocycles. The highest BCUT2D eigenvalue weighted by molar-refractivity contribution is 5.57. The van der Waals surface area contributed by atoms with Crippen LogP contribution in [0.3, 0.4) is 0 Å². The van der Waals surface area contributed by atoms with Crippen LogP contribution in [0, 0.1) is 6.92 Å². The second kappa shape index (κ2) is 6.39. The van der Waals surface area contributed by atoms with Crippen molar-refractivity contribution in [3.8, 4) is 0 Å². The molecule has 0 aromatic carbocycles. The lowest BCUT2D eigenvalue weighted by molar-refractivity contribution is 0.126. The highest BCUT2D eigenvalue weighted by Gasteiger charge is 2.21. The van der Waals surface area contributed by atoms with Gasteiger partial charge in [-0.2, -0.15) is 0 Å². The molecule has 0 atom stereocenters. The Kier molecular flexibility index (Phi) is 4.81. The molecular weight excluding hydrogens is 252 g/mol. The first kappa shape index (κ1) is 15.0. The van der Waals surface area contributed by atoms with Gasteiger partial charge in [0.15, 0.2) is 0 Å². The summed E-state index contributed by atoms with van der Waals surface area (Å²) in [6.45, 7) is 6.24. The van der Waals surface area contributed by atoms with Gasteiger partial charge in [-0.25, -0.2) is 9.97 Å². The van der Waals surface area contributed by atoms with E-state index in [0.29, 0.717) is 12.0 Å². The minimum atomic E-state index is -0.126. The van der Waals surface area contributed by atoms with E-state index < -0.39 is 0 Å². The van der Waals surface area contributed by atoms with Gasteiger partial charge in [-0.05, 0) is 32.6 Å². The van der Waals surface area contributed by atoms with E-state index in [4.69, 9.17) is 0 Å². The number of hydrogen-bond donors (Lipinski definition) is 3. The lowest BCUT2D eigenvalue weighted by Gasteiger charge is -2.27. The highest BCUT2D eigenvalue weighted by atomic mass is 16.3. The number of hydrogen-bond acceptors (Lipinski definition) is 5. The molecule has 1 aromatic heterocycles. The van der Waals surface area contributed by atoms with Crippen LogP contribution in [0.4, 0.5) is 11.6 Å². The molecule has 0 amide bonds. The van der Waals surface area contributed by atoms with E-state index in [1.807, 2.05) is 14.0 Å². The zero-order valence-electron chi connectivity index (χ0n) is 12.9. The van der Waals surface area contributed by atoms with E-state index in [1.165, 1.54) is 0 Å². The maximum Gasteiger partial charge on any atom is 0.135 e. The Balaban J connectivity index is 2.19. The molecule has 5 nitrogen and oxygen atoms in total. The SMILES string of the molecule is CNc1nc(C(C)C)nc(NC2CCC(O)CC2)c1C. The Morgan fingerprint density at radius 1 is 1.10 bits per heavy atom. The summed E-state index contributed by atoms with van der Waals surface area (Å²) < 4.78 is 0. The monoisotopic (exact) mass is 278 g/mol. The number of aliphatic hydroxyl groups is 1. The number of nitrogens with zero attached hydrogens (tertiary/aromatic N) is 2. The lowest BCUT2D eigenvalue weighted by Crippen LogP contribution is -2.29.